The number of benzene rings is 2. The van der Waals surface area contributed by atoms with Crippen LogP contribution in [-0.4, -0.2) is 39.2 Å². The van der Waals surface area contributed by atoms with E-state index in [-0.39, 0.29) is 11.9 Å². The van der Waals surface area contributed by atoms with Gasteiger partial charge in [-0.05, 0) is 92.4 Å². The number of carbonyl (C=O) groups excluding carboxylic acids is 1. The number of amides is 1. The van der Waals surface area contributed by atoms with Gasteiger partial charge in [0.05, 0.1) is 23.3 Å². The van der Waals surface area contributed by atoms with Crippen molar-refractivity contribution in [3.05, 3.63) is 101 Å². The lowest BCUT2D eigenvalue weighted by molar-refractivity contribution is 0.0343. The number of carbonyl (C=O) groups is 1. The highest BCUT2D eigenvalue weighted by Gasteiger charge is 2.18. The quantitative estimate of drug-likeness (QED) is 0.181. The highest BCUT2D eigenvalue weighted by molar-refractivity contribution is 6.12. The van der Waals surface area contributed by atoms with Crippen molar-refractivity contribution in [2.24, 2.45) is 7.05 Å². The summed E-state index contributed by atoms with van der Waals surface area (Å²) in [4.78, 5) is 17.1. The number of aromatic nitrogens is 3. The Morgan fingerprint density at radius 3 is 2.63 bits per heavy atom. The largest absolute Gasteiger partial charge is 0.360 e. The summed E-state index contributed by atoms with van der Waals surface area (Å²) in [5.74, 6) is -0.997. The number of hydrogen-bond acceptors (Lipinski definition) is 7. The monoisotopic (exact) mass is 553 g/mol. The summed E-state index contributed by atoms with van der Waals surface area (Å²) in [6.07, 6.45) is 9.62. The van der Waals surface area contributed by atoms with Gasteiger partial charge in [0.2, 0.25) is 0 Å². The normalized spacial score (nSPS) is 15.0. The molecule has 1 atom stereocenters. The van der Waals surface area contributed by atoms with Crippen LogP contribution < -0.4 is 16.0 Å². The van der Waals surface area contributed by atoms with E-state index in [4.69, 9.17) is 10.1 Å². The maximum absolute atomic E-state index is 14.6. The minimum Gasteiger partial charge on any atom is -0.360 e. The Labute approximate surface area is 238 Å². The highest BCUT2D eigenvalue weighted by atomic mass is 19.1. The minimum absolute atomic E-state index is 0.0487. The molecule has 41 heavy (non-hydrogen) atoms. The Bertz CT molecular complexity index is 1560. The number of pyridine rings is 1. The van der Waals surface area contributed by atoms with Crippen LogP contribution in [0.1, 0.15) is 46.6 Å². The summed E-state index contributed by atoms with van der Waals surface area (Å²) in [6, 6.07) is 15.7. The molecule has 3 heterocycles. The summed E-state index contributed by atoms with van der Waals surface area (Å²) in [7, 11) is 1.66. The number of hydrogen-bond donors (Lipinski definition) is 4. The molecular formula is C31H32FN7O2. The third kappa shape index (κ3) is 6.85. The third-order valence-electron chi connectivity index (χ3n) is 6.75. The summed E-state index contributed by atoms with van der Waals surface area (Å²) in [6.45, 7) is 2.46. The summed E-state index contributed by atoms with van der Waals surface area (Å²) >= 11 is 0. The molecule has 0 bridgehead atoms. The van der Waals surface area contributed by atoms with Gasteiger partial charge in [-0.3, -0.25) is 14.5 Å². The van der Waals surface area contributed by atoms with Gasteiger partial charge < -0.3 is 26.1 Å². The van der Waals surface area contributed by atoms with Gasteiger partial charge in [-0.25, -0.2) is 4.39 Å². The van der Waals surface area contributed by atoms with Crippen molar-refractivity contribution in [2.45, 2.75) is 32.4 Å². The van der Waals surface area contributed by atoms with Crippen LogP contribution in [-0.2, 0) is 11.8 Å². The molecule has 1 aliphatic heterocycles. The van der Waals surface area contributed by atoms with E-state index in [0.717, 1.165) is 36.3 Å². The number of ether oxygens (including phenoxy) is 1. The van der Waals surface area contributed by atoms with Crippen molar-refractivity contribution in [1.82, 2.24) is 14.8 Å². The molecule has 1 amide bonds. The fourth-order valence-corrected chi connectivity index (χ4v) is 4.66. The van der Waals surface area contributed by atoms with Crippen molar-refractivity contribution in [3.8, 4) is 0 Å². The van der Waals surface area contributed by atoms with Crippen LogP contribution in [0.5, 0.6) is 0 Å². The van der Waals surface area contributed by atoms with Crippen LogP contribution in [0.2, 0.25) is 0 Å². The SMILES string of the molecule is Cc1cnn(C)c1C(=O)Nc1cc(Nc2ccc(C(=N)/C=C/c3ccccn3)c(NC3CCCCO3)c2)ccc1F. The lowest BCUT2D eigenvalue weighted by Crippen LogP contribution is -2.28. The second kappa shape index (κ2) is 12.6. The zero-order valence-corrected chi connectivity index (χ0v) is 22.9. The maximum Gasteiger partial charge on any atom is 0.274 e. The molecule has 1 saturated heterocycles. The van der Waals surface area contributed by atoms with Crippen LogP contribution in [0.25, 0.3) is 6.08 Å². The maximum atomic E-state index is 14.6. The number of aryl methyl sites for hydroxylation is 2. The van der Waals surface area contributed by atoms with Crippen LogP contribution >= 0.6 is 0 Å². The molecule has 10 heteroatoms. The molecule has 0 aliphatic carbocycles. The van der Waals surface area contributed by atoms with E-state index in [2.05, 4.69) is 26.0 Å². The highest BCUT2D eigenvalue weighted by Crippen LogP contribution is 2.29. The molecule has 1 aliphatic rings. The molecule has 210 valence electrons. The van der Waals surface area contributed by atoms with E-state index in [1.165, 1.54) is 10.7 Å². The first-order valence-electron chi connectivity index (χ1n) is 13.4. The Kier molecular flexibility index (Phi) is 8.50. The predicted octanol–water partition coefficient (Wildman–Crippen LogP) is 6.28. The second-order valence-electron chi connectivity index (χ2n) is 9.84. The molecule has 5 rings (SSSR count). The molecule has 0 saturated carbocycles. The van der Waals surface area contributed by atoms with Crippen LogP contribution in [0.15, 0.2) is 73.1 Å². The zero-order chi connectivity index (χ0) is 28.8. The fourth-order valence-electron chi connectivity index (χ4n) is 4.66. The van der Waals surface area contributed by atoms with Gasteiger partial charge in [0.1, 0.15) is 17.7 Å². The number of nitrogens with one attached hydrogen (secondary N) is 4. The number of rotatable bonds is 9. The predicted molar refractivity (Wildman–Crippen MR) is 159 cm³/mol. The molecular weight excluding hydrogens is 521 g/mol. The lowest BCUT2D eigenvalue weighted by Gasteiger charge is -2.26. The standard InChI is InChI=1S/C31H32FN7O2/c1-20-19-35-39(2)30(20)31(40)38-28-18-23(10-13-25(28)32)36-22-9-12-24(26(33)14-11-21-7-3-5-15-34-21)27(17-22)37-29-8-4-6-16-41-29/h3,5,7,9-15,17-19,29,33,36-37H,4,6,8,16H2,1-2H3,(H,38,40)/b14-11+,33-26?. The van der Waals surface area contributed by atoms with E-state index >= 15 is 0 Å². The zero-order valence-electron chi connectivity index (χ0n) is 22.9. The summed E-state index contributed by atoms with van der Waals surface area (Å²) in [5, 5.41) is 22.2. The molecule has 2 aromatic carbocycles. The average molecular weight is 554 g/mol. The van der Waals surface area contributed by atoms with Crippen LogP contribution in [0.4, 0.5) is 27.1 Å². The molecule has 9 nitrogen and oxygen atoms in total. The smallest absolute Gasteiger partial charge is 0.274 e. The van der Waals surface area contributed by atoms with Crippen molar-refractivity contribution in [3.63, 3.8) is 0 Å². The second-order valence-corrected chi connectivity index (χ2v) is 9.84. The number of allylic oxidation sites excluding steroid dienone is 1. The van der Waals surface area contributed by atoms with E-state index in [9.17, 15) is 9.18 Å². The molecule has 0 spiro atoms. The first-order chi connectivity index (χ1) is 19.9. The number of anilines is 4. The van der Waals surface area contributed by atoms with Crippen molar-refractivity contribution >= 4 is 40.4 Å². The Hall–Kier alpha value is -4.83. The van der Waals surface area contributed by atoms with E-state index in [1.54, 1.807) is 50.6 Å². The summed E-state index contributed by atoms with van der Waals surface area (Å²) < 4.78 is 22.0. The average Bonchev–Trinajstić information content (AvgIpc) is 3.32. The van der Waals surface area contributed by atoms with Gasteiger partial charge in [-0.15, -0.1) is 0 Å². The molecule has 1 unspecified atom stereocenters. The van der Waals surface area contributed by atoms with Crippen molar-refractivity contribution < 1.29 is 13.9 Å². The Morgan fingerprint density at radius 1 is 1.12 bits per heavy atom. The van der Waals surface area contributed by atoms with Crippen molar-refractivity contribution in [1.29, 1.82) is 5.41 Å². The van der Waals surface area contributed by atoms with E-state index < -0.39 is 11.7 Å². The number of nitrogens with zero attached hydrogens (tertiary/aromatic N) is 3. The van der Waals surface area contributed by atoms with E-state index in [0.29, 0.717) is 34.8 Å². The van der Waals surface area contributed by atoms with Gasteiger partial charge in [0.15, 0.2) is 0 Å². The Morgan fingerprint density at radius 2 is 1.93 bits per heavy atom. The van der Waals surface area contributed by atoms with Gasteiger partial charge in [-0.1, -0.05) is 6.07 Å². The van der Waals surface area contributed by atoms with Crippen LogP contribution in [0.3, 0.4) is 0 Å². The third-order valence-corrected chi connectivity index (χ3v) is 6.75. The summed E-state index contributed by atoms with van der Waals surface area (Å²) in [5.41, 5.74) is 4.93. The van der Waals surface area contributed by atoms with Gasteiger partial charge in [0, 0.05) is 42.5 Å². The van der Waals surface area contributed by atoms with Crippen molar-refractivity contribution in [2.75, 3.05) is 22.6 Å². The molecule has 0 radical (unpaired) electrons. The van der Waals surface area contributed by atoms with Gasteiger partial charge >= 0.3 is 0 Å². The lowest BCUT2D eigenvalue weighted by atomic mass is 10.0. The number of halogens is 1. The Balaban J connectivity index is 1.38. The fraction of sp³-hybridized carbons (Fsp3) is 0.226. The molecule has 4 aromatic rings. The van der Waals surface area contributed by atoms with Gasteiger partial charge in [0.25, 0.3) is 5.91 Å². The van der Waals surface area contributed by atoms with Gasteiger partial charge in [-0.2, -0.15) is 5.10 Å². The van der Waals surface area contributed by atoms with Crippen LogP contribution in [0, 0.1) is 18.2 Å². The molecule has 2 aromatic heterocycles. The first-order valence-corrected chi connectivity index (χ1v) is 13.4. The molecule has 1 fully saturated rings. The topological polar surface area (TPSA) is 117 Å². The first kappa shape index (κ1) is 27.7. The van der Waals surface area contributed by atoms with E-state index in [1.807, 2.05) is 36.4 Å². The minimum atomic E-state index is -0.552. The molecule has 4 N–H and O–H groups in total.